The van der Waals surface area contributed by atoms with Crippen LogP contribution in [0, 0.1) is 0 Å². The Hall–Kier alpha value is -2.16. The van der Waals surface area contributed by atoms with Crippen molar-refractivity contribution in [2.45, 2.75) is 71.3 Å². The first-order valence-electron chi connectivity index (χ1n) is 13.6. The number of unbranched alkanes of at least 4 members (excludes halogenated alkanes) is 2. The lowest BCUT2D eigenvalue weighted by atomic mass is 9.95. The number of ketones is 1. The highest BCUT2D eigenvalue weighted by atomic mass is 28.4. The number of allylic oxidation sites excluding steroid dienone is 1. The molecule has 1 heterocycles. The largest absolute Gasteiger partial charge is 0.417 e. The zero-order chi connectivity index (χ0) is 27.8. The van der Waals surface area contributed by atoms with Crippen LogP contribution in [0.5, 0.6) is 0 Å². The summed E-state index contributed by atoms with van der Waals surface area (Å²) in [4.78, 5) is 18.1. The lowest BCUT2D eigenvalue weighted by molar-refractivity contribution is 0.104. The SMILES string of the molecule is CN(C)c1ccc2c(c1)[Si](C)(C)c1cc(N(C)C)cc(/C=C/CCCCO[Si](C)(C)C(C)(C)C)c1C2=O. The van der Waals surface area contributed by atoms with E-state index in [0.717, 1.165) is 53.9 Å². The van der Waals surface area contributed by atoms with E-state index in [-0.39, 0.29) is 10.8 Å². The van der Waals surface area contributed by atoms with Gasteiger partial charge in [-0.25, -0.2) is 0 Å². The van der Waals surface area contributed by atoms with Crippen molar-refractivity contribution in [3.63, 3.8) is 0 Å². The van der Waals surface area contributed by atoms with Gasteiger partial charge in [0.1, 0.15) is 8.07 Å². The van der Waals surface area contributed by atoms with Gasteiger partial charge in [0.05, 0.1) is 0 Å². The number of benzene rings is 2. The summed E-state index contributed by atoms with van der Waals surface area (Å²) >= 11 is 0. The van der Waals surface area contributed by atoms with Gasteiger partial charge < -0.3 is 14.2 Å². The smallest absolute Gasteiger partial charge is 0.193 e. The van der Waals surface area contributed by atoms with Crippen LogP contribution in [0.4, 0.5) is 11.4 Å². The van der Waals surface area contributed by atoms with Crippen molar-refractivity contribution in [3.8, 4) is 0 Å². The quantitative estimate of drug-likeness (QED) is 0.275. The van der Waals surface area contributed by atoms with Crippen LogP contribution in [0.2, 0.25) is 31.2 Å². The van der Waals surface area contributed by atoms with Crippen molar-refractivity contribution in [2.24, 2.45) is 0 Å². The van der Waals surface area contributed by atoms with E-state index in [0.29, 0.717) is 0 Å². The van der Waals surface area contributed by atoms with E-state index in [4.69, 9.17) is 4.43 Å². The number of nitrogens with zero attached hydrogens (tertiary/aromatic N) is 2. The molecular formula is C31H48N2O2Si2. The van der Waals surface area contributed by atoms with Crippen molar-refractivity contribution in [3.05, 3.63) is 53.1 Å². The van der Waals surface area contributed by atoms with Crippen LogP contribution in [-0.4, -0.2) is 57.0 Å². The van der Waals surface area contributed by atoms with Crippen LogP contribution in [0.1, 0.15) is 61.5 Å². The van der Waals surface area contributed by atoms with E-state index >= 15 is 0 Å². The molecule has 1 aliphatic heterocycles. The summed E-state index contributed by atoms with van der Waals surface area (Å²) in [5.74, 6) is 0.162. The van der Waals surface area contributed by atoms with Crippen LogP contribution < -0.4 is 20.2 Å². The van der Waals surface area contributed by atoms with E-state index in [2.05, 4.69) is 121 Å². The zero-order valence-electron chi connectivity index (χ0n) is 25.1. The fourth-order valence-corrected chi connectivity index (χ4v) is 8.86. The number of rotatable bonds is 9. The predicted octanol–water partition coefficient (Wildman–Crippen LogP) is 6.39. The van der Waals surface area contributed by atoms with Crippen LogP contribution >= 0.6 is 0 Å². The highest BCUT2D eigenvalue weighted by molar-refractivity contribution is 7.02. The lowest BCUT2D eigenvalue weighted by Crippen LogP contribution is -2.60. The monoisotopic (exact) mass is 536 g/mol. The summed E-state index contributed by atoms with van der Waals surface area (Å²) < 4.78 is 6.33. The summed E-state index contributed by atoms with van der Waals surface area (Å²) in [6.07, 6.45) is 7.56. The maximum absolute atomic E-state index is 13.9. The normalized spacial score (nSPS) is 15.1. The second-order valence-corrected chi connectivity index (χ2v) is 22.1. The molecule has 0 amide bonds. The van der Waals surface area contributed by atoms with Crippen molar-refractivity contribution in [2.75, 3.05) is 44.6 Å². The molecule has 4 nitrogen and oxygen atoms in total. The lowest BCUT2D eigenvalue weighted by Gasteiger charge is -2.36. The van der Waals surface area contributed by atoms with E-state index in [1.54, 1.807) is 0 Å². The van der Waals surface area contributed by atoms with Crippen LogP contribution in [0.15, 0.2) is 36.4 Å². The first kappa shape index (κ1) is 29.4. The van der Waals surface area contributed by atoms with Gasteiger partial charge in [0.2, 0.25) is 0 Å². The first-order valence-corrected chi connectivity index (χ1v) is 19.5. The molecule has 6 heteroatoms. The molecular weight excluding hydrogens is 489 g/mol. The van der Waals surface area contributed by atoms with Crippen molar-refractivity contribution in [1.82, 2.24) is 0 Å². The van der Waals surface area contributed by atoms with E-state index < -0.39 is 16.4 Å². The van der Waals surface area contributed by atoms with Gasteiger partial charge in [-0.05, 0) is 83.7 Å². The highest BCUT2D eigenvalue weighted by Gasteiger charge is 2.40. The molecule has 0 saturated heterocycles. The van der Waals surface area contributed by atoms with Gasteiger partial charge in [-0.2, -0.15) is 0 Å². The average molecular weight is 537 g/mol. The van der Waals surface area contributed by atoms with Gasteiger partial charge >= 0.3 is 0 Å². The third-order valence-corrected chi connectivity index (χ3v) is 16.4. The third kappa shape index (κ3) is 6.13. The minimum absolute atomic E-state index is 0.162. The van der Waals surface area contributed by atoms with Gasteiger partial charge in [-0.15, -0.1) is 0 Å². The summed E-state index contributed by atoms with van der Waals surface area (Å²) in [6.45, 7) is 17.1. The number of carbonyl (C=O) groups excluding carboxylic acids is 1. The van der Waals surface area contributed by atoms with E-state index in [9.17, 15) is 4.79 Å². The number of hydrogen-bond acceptors (Lipinski definition) is 4. The number of fused-ring (bicyclic) bond motifs is 2. The second-order valence-electron chi connectivity index (χ2n) is 12.9. The molecule has 0 bridgehead atoms. The molecule has 0 fully saturated rings. The zero-order valence-corrected chi connectivity index (χ0v) is 27.1. The minimum Gasteiger partial charge on any atom is -0.417 e. The Morgan fingerprint density at radius 3 is 2.14 bits per heavy atom. The summed E-state index contributed by atoms with van der Waals surface area (Å²) in [6, 6.07) is 10.8. The van der Waals surface area contributed by atoms with Crippen molar-refractivity contribution >= 4 is 50.0 Å². The Balaban J connectivity index is 1.85. The second kappa shape index (κ2) is 10.9. The van der Waals surface area contributed by atoms with Gasteiger partial charge in [0, 0.05) is 57.3 Å². The fourth-order valence-electron chi connectivity index (χ4n) is 4.71. The average Bonchev–Trinajstić information content (AvgIpc) is 2.80. The first-order chi connectivity index (χ1) is 17.1. The third-order valence-electron chi connectivity index (χ3n) is 8.34. The number of carbonyl (C=O) groups is 1. The Labute approximate surface area is 227 Å². The summed E-state index contributed by atoms with van der Waals surface area (Å²) in [5.41, 5.74) is 5.14. The molecule has 0 N–H and O–H groups in total. The molecule has 0 atom stereocenters. The Kier molecular flexibility index (Phi) is 8.67. The molecule has 37 heavy (non-hydrogen) atoms. The molecule has 0 radical (unpaired) electrons. The van der Waals surface area contributed by atoms with Crippen LogP contribution in [0.25, 0.3) is 6.08 Å². The Bertz CT molecular complexity index is 1170. The van der Waals surface area contributed by atoms with E-state index in [1.165, 1.54) is 10.4 Å². The molecule has 0 aliphatic carbocycles. The molecule has 1 aliphatic rings. The highest BCUT2D eigenvalue weighted by Crippen LogP contribution is 2.36. The number of hydrogen-bond donors (Lipinski definition) is 0. The molecule has 2 aromatic rings. The number of anilines is 2. The molecule has 202 valence electrons. The molecule has 0 spiro atoms. The minimum atomic E-state index is -2.08. The molecule has 0 unspecified atom stereocenters. The predicted molar refractivity (Wildman–Crippen MR) is 168 cm³/mol. The standard InChI is InChI=1S/C31H48N2O2Si2/c1-31(2,3)37(10,11)35-19-15-13-12-14-16-23-20-25(33(6)7)22-28-29(23)30(34)26-18-17-24(32(4)5)21-27(26)36(28,8)9/h14,16-18,20-22H,12-13,15,19H2,1-11H3/b16-14+. The maximum atomic E-state index is 13.9. The Morgan fingerprint density at radius 2 is 1.54 bits per heavy atom. The van der Waals surface area contributed by atoms with Gasteiger partial charge in [-0.3, -0.25) is 4.79 Å². The fraction of sp³-hybridized carbons (Fsp3) is 0.516. The molecule has 3 rings (SSSR count). The maximum Gasteiger partial charge on any atom is 0.193 e. The van der Waals surface area contributed by atoms with Gasteiger partial charge in [0.15, 0.2) is 14.1 Å². The van der Waals surface area contributed by atoms with Crippen LogP contribution in [0.3, 0.4) is 0 Å². The van der Waals surface area contributed by atoms with Gasteiger partial charge in [-0.1, -0.05) is 46.0 Å². The summed E-state index contributed by atoms with van der Waals surface area (Å²) in [7, 11) is 4.51. The van der Waals surface area contributed by atoms with Gasteiger partial charge in [0.25, 0.3) is 0 Å². The summed E-state index contributed by atoms with van der Waals surface area (Å²) in [5, 5.41) is 2.73. The molecule has 0 aromatic heterocycles. The molecule has 0 saturated carbocycles. The molecule has 2 aromatic carbocycles. The van der Waals surface area contributed by atoms with Crippen LogP contribution in [-0.2, 0) is 4.43 Å². The topological polar surface area (TPSA) is 32.8 Å². The Morgan fingerprint density at radius 1 is 0.919 bits per heavy atom. The van der Waals surface area contributed by atoms with Crippen molar-refractivity contribution < 1.29 is 9.22 Å². The van der Waals surface area contributed by atoms with Crippen molar-refractivity contribution in [1.29, 1.82) is 0 Å². The van der Waals surface area contributed by atoms with E-state index in [1.807, 2.05) is 6.07 Å².